The van der Waals surface area contributed by atoms with E-state index in [2.05, 4.69) is 39.5 Å². The molecule has 0 bridgehead atoms. The first kappa shape index (κ1) is 15.7. The normalized spacial score (nSPS) is 14.8. The molecule has 1 aliphatic heterocycles. The van der Waals surface area contributed by atoms with Crippen LogP contribution in [0.5, 0.6) is 0 Å². The van der Waals surface area contributed by atoms with Crippen LogP contribution in [0.3, 0.4) is 0 Å². The molecule has 1 N–H and O–H groups in total. The molecule has 0 atom stereocenters. The predicted molar refractivity (Wildman–Crippen MR) is 91.1 cm³/mol. The van der Waals surface area contributed by atoms with Crippen molar-refractivity contribution in [3.05, 3.63) is 65.0 Å². The van der Waals surface area contributed by atoms with Crippen molar-refractivity contribution in [2.45, 2.75) is 32.9 Å². The Labute approximate surface area is 137 Å². The molecule has 1 aliphatic rings. The molecule has 2 heterocycles. The molecule has 0 radical (unpaired) electrons. The highest BCUT2D eigenvalue weighted by molar-refractivity contribution is 5.92. The number of aromatic nitrogens is 1. The number of amides is 1. The van der Waals surface area contributed by atoms with Gasteiger partial charge in [0.15, 0.2) is 0 Å². The van der Waals surface area contributed by atoms with Crippen LogP contribution in [0.15, 0.2) is 42.5 Å². The van der Waals surface area contributed by atoms with Crippen LogP contribution >= 0.6 is 0 Å². The Balaban J connectivity index is 1.52. The summed E-state index contributed by atoms with van der Waals surface area (Å²) in [6.07, 6.45) is 2.63. The Bertz CT molecular complexity index is 661. The summed E-state index contributed by atoms with van der Waals surface area (Å²) in [7, 11) is 0. The van der Waals surface area contributed by atoms with E-state index in [-0.39, 0.29) is 5.91 Å². The number of benzene rings is 1. The summed E-state index contributed by atoms with van der Waals surface area (Å²) in [6, 6.07) is 14.0. The summed E-state index contributed by atoms with van der Waals surface area (Å²) in [6.45, 7) is 5.86. The smallest absolute Gasteiger partial charge is 0.270 e. The molecular formula is C19H23N3O. The number of carbonyl (C=O) groups is 1. The van der Waals surface area contributed by atoms with Crippen LogP contribution < -0.4 is 5.32 Å². The van der Waals surface area contributed by atoms with Gasteiger partial charge in [-0.05, 0) is 56.1 Å². The Hall–Kier alpha value is -2.20. The summed E-state index contributed by atoms with van der Waals surface area (Å²) < 4.78 is 0. The van der Waals surface area contributed by atoms with Gasteiger partial charge in [-0.2, -0.15) is 0 Å². The van der Waals surface area contributed by atoms with Gasteiger partial charge in [0.1, 0.15) is 5.69 Å². The molecule has 0 saturated carbocycles. The first-order valence-electron chi connectivity index (χ1n) is 8.23. The van der Waals surface area contributed by atoms with Gasteiger partial charge in [0.2, 0.25) is 0 Å². The highest BCUT2D eigenvalue weighted by atomic mass is 16.1. The molecular weight excluding hydrogens is 286 g/mol. The van der Waals surface area contributed by atoms with Crippen molar-refractivity contribution >= 4 is 5.91 Å². The Kier molecular flexibility index (Phi) is 5.03. The fourth-order valence-electron chi connectivity index (χ4n) is 2.90. The molecule has 4 nitrogen and oxygen atoms in total. The number of nitrogens with one attached hydrogen (secondary N) is 1. The third-order valence-electron chi connectivity index (χ3n) is 4.20. The molecule has 1 aromatic carbocycles. The number of nitrogens with zero attached hydrogens (tertiary/aromatic N) is 2. The second-order valence-electron chi connectivity index (χ2n) is 6.15. The minimum absolute atomic E-state index is 0.130. The molecule has 23 heavy (non-hydrogen) atoms. The fraction of sp³-hybridized carbons (Fsp3) is 0.368. The number of likely N-dealkylation sites (tertiary alicyclic amines) is 1. The third-order valence-corrected chi connectivity index (χ3v) is 4.20. The van der Waals surface area contributed by atoms with Crippen molar-refractivity contribution < 1.29 is 4.79 Å². The minimum Gasteiger partial charge on any atom is -0.347 e. The zero-order chi connectivity index (χ0) is 16.1. The molecule has 0 aliphatic carbocycles. The molecule has 3 rings (SSSR count). The maximum atomic E-state index is 12.1. The van der Waals surface area contributed by atoms with Crippen molar-refractivity contribution in [3.8, 4) is 0 Å². The number of hydrogen-bond acceptors (Lipinski definition) is 3. The Morgan fingerprint density at radius 1 is 1.09 bits per heavy atom. The standard InChI is InChI=1S/C19H23N3O/c1-15-5-4-6-18(21-15)19(23)20-13-16-7-9-17(10-8-16)14-22-11-2-3-12-22/h4-10H,2-3,11-14H2,1H3,(H,20,23). The van der Waals surface area contributed by atoms with E-state index in [1.54, 1.807) is 6.07 Å². The molecule has 1 saturated heterocycles. The molecule has 2 aromatic rings. The maximum absolute atomic E-state index is 12.1. The molecule has 1 aromatic heterocycles. The lowest BCUT2D eigenvalue weighted by Crippen LogP contribution is -2.24. The van der Waals surface area contributed by atoms with E-state index >= 15 is 0 Å². The van der Waals surface area contributed by atoms with Crippen LogP contribution in [-0.2, 0) is 13.1 Å². The van der Waals surface area contributed by atoms with Crippen LogP contribution in [0.4, 0.5) is 0 Å². The van der Waals surface area contributed by atoms with E-state index in [0.29, 0.717) is 12.2 Å². The molecule has 4 heteroatoms. The van der Waals surface area contributed by atoms with Crippen molar-refractivity contribution in [2.24, 2.45) is 0 Å². The van der Waals surface area contributed by atoms with Gasteiger partial charge in [-0.1, -0.05) is 30.3 Å². The predicted octanol–water partition coefficient (Wildman–Crippen LogP) is 2.92. The van der Waals surface area contributed by atoms with E-state index in [1.807, 2.05) is 19.1 Å². The molecule has 0 unspecified atom stereocenters. The van der Waals surface area contributed by atoms with E-state index < -0.39 is 0 Å². The summed E-state index contributed by atoms with van der Waals surface area (Å²) in [4.78, 5) is 18.8. The van der Waals surface area contributed by atoms with Crippen molar-refractivity contribution in [1.82, 2.24) is 15.2 Å². The number of hydrogen-bond donors (Lipinski definition) is 1. The summed E-state index contributed by atoms with van der Waals surface area (Å²) in [5, 5.41) is 2.92. The van der Waals surface area contributed by atoms with Gasteiger partial charge >= 0.3 is 0 Å². The van der Waals surface area contributed by atoms with Crippen LogP contribution in [0, 0.1) is 6.92 Å². The topological polar surface area (TPSA) is 45.2 Å². The largest absolute Gasteiger partial charge is 0.347 e. The lowest BCUT2D eigenvalue weighted by molar-refractivity contribution is 0.0945. The minimum atomic E-state index is -0.130. The van der Waals surface area contributed by atoms with Gasteiger partial charge in [0, 0.05) is 18.8 Å². The van der Waals surface area contributed by atoms with E-state index in [9.17, 15) is 4.79 Å². The highest BCUT2D eigenvalue weighted by Crippen LogP contribution is 2.13. The average Bonchev–Trinajstić information content (AvgIpc) is 3.07. The van der Waals surface area contributed by atoms with Crippen LogP contribution in [0.1, 0.15) is 40.2 Å². The van der Waals surface area contributed by atoms with Crippen molar-refractivity contribution in [3.63, 3.8) is 0 Å². The number of pyridine rings is 1. The van der Waals surface area contributed by atoms with Gasteiger partial charge in [-0.3, -0.25) is 9.69 Å². The third kappa shape index (κ3) is 4.39. The summed E-state index contributed by atoms with van der Waals surface area (Å²) in [5.74, 6) is -0.130. The summed E-state index contributed by atoms with van der Waals surface area (Å²) >= 11 is 0. The number of carbonyl (C=O) groups excluding carboxylic acids is 1. The highest BCUT2D eigenvalue weighted by Gasteiger charge is 2.11. The molecule has 1 amide bonds. The first-order valence-corrected chi connectivity index (χ1v) is 8.23. The van der Waals surface area contributed by atoms with Gasteiger partial charge in [0.05, 0.1) is 0 Å². The van der Waals surface area contributed by atoms with E-state index in [0.717, 1.165) is 17.8 Å². The summed E-state index contributed by atoms with van der Waals surface area (Å²) in [5.41, 5.74) is 3.76. The Morgan fingerprint density at radius 2 is 1.78 bits per heavy atom. The second-order valence-corrected chi connectivity index (χ2v) is 6.15. The second kappa shape index (κ2) is 7.38. The lowest BCUT2D eigenvalue weighted by Gasteiger charge is -2.14. The quantitative estimate of drug-likeness (QED) is 0.923. The lowest BCUT2D eigenvalue weighted by atomic mass is 10.1. The average molecular weight is 309 g/mol. The van der Waals surface area contributed by atoms with Crippen LogP contribution in [0.2, 0.25) is 0 Å². The van der Waals surface area contributed by atoms with E-state index in [4.69, 9.17) is 0 Å². The zero-order valence-corrected chi connectivity index (χ0v) is 13.6. The van der Waals surface area contributed by atoms with Gasteiger partial charge in [-0.15, -0.1) is 0 Å². The molecule has 0 spiro atoms. The fourth-order valence-corrected chi connectivity index (χ4v) is 2.90. The monoisotopic (exact) mass is 309 g/mol. The van der Waals surface area contributed by atoms with Crippen LogP contribution in [0.25, 0.3) is 0 Å². The SMILES string of the molecule is Cc1cccc(C(=O)NCc2ccc(CN3CCCC3)cc2)n1. The van der Waals surface area contributed by atoms with Crippen molar-refractivity contribution in [2.75, 3.05) is 13.1 Å². The molecule has 1 fully saturated rings. The van der Waals surface area contributed by atoms with Gasteiger partial charge < -0.3 is 5.32 Å². The number of rotatable bonds is 5. The van der Waals surface area contributed by atoms with E-state index in [1.165, 1.54) is 31.5 Å². The first-order chi connectivity index (χ1) is 11.2. The van der Waals surface area contributed by atoms with Gasteiger partial charge in [-0.25, -0.2) is 4.98 Å². The van der Waals surface area contributed by atoms with Crippen LogP contribution in [-0.4, -0.2) is 28.9 Å². The van der Waals surface area contributed by atoms with Crippen molar-refractivity contribution in [1.29, 1.82) is 0 Å². The maximum Gasteiger partial charge on any atom is 0.270 e. The zero-order valence-electron chi connectivity index (χ0n) is 13.6. The molecule has 120 valence electrons. The number of aryl methyl sites for hydroxylation is 1. The Morgan fingerprint density at radius 3 is 2.48 bits per heavy atom. The van der Waals surface area contributed by atoms with Gasteiger partial charge in [0.25, 0.3) is 5.91 Å².